The van der Waals surface area contributed by atoms with Crippen LogP contribution in [0.5, 0.6) is 0 Å². The van der Waals surface area contributed by atoms with Crippen LogP contribution in [-0.2, 0) is 13.0 Å². The van der Waals surface area contributed by atoms with Gasteiger partial charge in [0, 0.05) is 19.3 Å². The summed E-state index contributed by atoms with van der Waals surface area (Å²) in [5.41, 5.74) is 4.84. The lowest BCUT2D eigenvalue weighted by molar-refractivity contribution is 0.786. The van der Waals surface area contributed by atoms with E-state index < -0.39 is 0 Å². The highest BCUT2D eigenvalue weighted by Gasteiger charge is 2.05. The van der Waals surface area contributed by atoms with Gasteiger partial charge < -0.3 is 10.6 Å². The SMILES string of the molecule is CCNC(=NCc1nnc2ccccn12)NCCc1ccc(C)cc1C.I. The first kappa shape index (κ1) is 21.1. The summed E-state index contributed by atoms with van der Waals surface area (Å²) in [6, 6.07) is 12.5. The van der Waals surface area contributed by atoms with Crippen molar-refractivity contribution in [1.82, 2.24) is 25.2 Å². The molecule has 0 aliphatic carbocycles. The Labute approximate surface area is 177 Å². The molecule has 0 amide bonds. The Morgan fingerprint density at radius 1 is 1.11 bits per heavy atom. The molecule has 3 rings (SSSR count). The van der Waals surface area contributed by atoms with E-state index >= 15 is 0 Å². The largest absolute Gasteiger partial charge is 0.357 e. The fourth-order valence-electron chi connectivity index (χ4n) is 2.93. The van der Waals surface area contributed by atoms with E-state index in [0.29, 0.717) is 6.54 Å². The Balaban J connectivity index is 0.00000261. The zero-order valence-corrected chi connectivity index (χ0v) is 18.4. The van der Waals surface area contributed by atoms with Gasteiger partial charge in [0.1, 0.15) is 6.54 Å². The average molecular weight is 478 g/mol. The molecule has 0 unspecified atom stereocenters. The molecular weight excluding hydrogens is 451 g/mol. The van der Waals surface area contributed by atoms with E-state index in [1.807, 2.05) is 28.8 Å². The number of nitrogens with zero attached hydrogens (tertiary/aromatic N) is 4. The lowest BCUT2D eigenvalue weighted by atomic mass is 10.0. The van der Waals surface area contributed by atoms with Crippen molar-refractivity contribution in [2.45, 2.75) is 33.7 Å². The van der Waals surface area contributed by atoms with Crippen molar-refractivity contribution in [3.8, 4) is 0 Å². The van der Waals surface area contributed by atoms with Crippen molar-refractivity contribution in [2.24, 2.45) is 4.99 Å². The summed E-state index contributed by atoms with van der Waals surface area (Å²) in [5.74, 6) is 1.62. The van der Waals surface area contributed by atoms with Crippen LogP contribution in [0.3, 0.4) is 0 Å². The Bertz CT molecular complexity index is 902. The second kappa shape index (κ2) is 10.2. The third kappa shape index (κ3) is 5.66. The predicted octanol–water partition coefficient (Wildman–Crippen LogP) is 3.26. The molecule has 7 heteroatoms. The van der Waals surface area contributed by atoms with Crippen molar-refractivity contribution in [3.63, 3.8) is 0 Å². The van der Waals surface area contributed by atoms with Crippen LogP contribution in [0.2, 0.25) is 0 Å². The van der Waals surface area contributed by atoms with Gasteiger partial charge in [0.2, 0.25) is 0 Å². The van der Waals surface area contributed by atoms with Crippen LogP contribution < -0.4 is 10.6 Å². The minimum absolute atomic E-state index is 0. The molecule has 27 heavy (non-hydrogen) atoms. The van der Waals surface area contributed by atoms with E-state index in [2.05, 4.69) is 64.8 Å². The summed E-state index contributed by atoms with van der Waals surface area (Å²) in [6.45, 7) is 8.47. The Morgan fingerprint density at radius 3 is 2.74 bits per heavy atom. The van der Waals surface area contributed by atoms with Crippen LogP contribution in [0, 0.1) is 13.8 Å². The molecule has 2 aromatic heterocycles. The monoisotopic (exact) mass is 478 g/mol. The lowest BCUT2D eigenvalue weighted by Gasteiger charge is -2.12. The third-order valence-electron chi connectivity index (χ3n) is 4.29. The molecule has 1 aromatic carbocycles. The number of benzene rings is 1. The molecule has 2 N–H and O–H groups in total. The molecule has 0 spiro atoms. The molecule has 0 aliphatic rings. The fourth-order valence-corrected chi connectivity index (χ4v) is 2.93. The van der Waals surface area contributed by atoms with E-state index in [1.165, 1.54) is 16.7 Å². The third-order valence-corrected chi connectivity index (χ3v) is 4.29. The van der Waals surface area contributed by atoms with Crippen molar-refractivity contribution >= 4 is 35.6 Å². The average Bonchev–Trinajstić information content (AvgIpc) is 3.05. The van der Waals surface area contributed by atoms with Crippen LogP contribution in [-0.4, -0.2) is 33.6 Å². The van der Waals surface area contributed by atoms with Gasteiger partial charge in [0.25, 0.3) is 0 Å². The zero-order valence-electron chi connectivity index (χ0n) is 16.1. The molecule has 0 aliphatic heterocycles. The van der Waals surface area contributed by atoms with E-state index in [4.69, 9.17) is 0 Å². The minimum Gasteiger partial charge on any atom is -0.357 e. The van der Waals surface area contributed by atoms with Crippen LogP contribution >= 0.6 is 24.0 Å². The number of guanidine groups is 1. The molecule has 3 aromatic rings. The second-order valence-electron chi connectivity index (χ2n) is 6.35. The molecule has 0 radical (unpaired) electrons. The number of pyridine rings is 1. The number of hydrogen-bond acceptors (Lipinski definition) is 3. The number of halogens is 1. The highest BCUT2D eigenvalue weighted by atomic mass is 127. The normalized spacial score (nSPS) is 11.3. The van der Waals surface area contributed by atoms with Crippen molar-refractivity contribution in [3.05, 3.63) is 65.1 Å². The van der Waals surface area contributed by atoms with Crippen LogP contribution in [0.25, 0.3) is 5.65 Å². The highest BCUT2D eigenvalue weighted by molar-refractivity contribution is 14.0. The molecule has 0 saturated carbocycles. The maximum atomic E-state index is 4.64. The van der Waals surface area contributed by atoms with Crippen molar-refractivity contribution < 1.29 is 0 Å². The van der Waals surface area contributed by atoms with Gasteiger partial charge in [0.05, 0.1) is 0 Å². The molecule has 0 fully saturated rings. The van der Waals surface area contributed by atoms with Gasteiger partial charge >= 0.3 is 0 Å². The Hall–Kier alpha value is -2.16. The Morgan fingerprint density at radius 2 is 1.96 bits per heavy atom. The van der Waals surface area contributed by atoms with Crippen LogP contribution in [0.1, 0.15) is 29.4 Å². The molecule has 6 nitrogen and oxygen atoms in total. The summed E-state index contributed by atoms with van der Waals surface area (Å²) in [4.78, 5) is 4.64. The standard InChI is InChI=1S/C20H26N6.HI/c1-4-21-20(22-11-10-17-9-8-15(2)13-16(17)3)23-14-19-25-24-18-7-5-6-12-26(18)19;/h5-9,12-13H,4,10-11,14H2,1-3H3,(H2,21,22,23);1H. The van der Waals surface area contributed by atoms with Crippen LogP contribution in [0.4, 0.5) is 0 Å². The first-order valence-electron chi connectivity index (χ1n) is 9.04. The van der Waals surface area contributed by atoms with Gasteiger partial charge in [0.15, 0.2) is 17.4 Å². The molecule has 0 saturated heterocycles. The van der Waals surface area contributed by atoms with E-state index in [0.717, 1.165) is 36.9 Å². The number of nitrogens with one attached hydrogen (secondary N) is 2. The fraction of sp³-hybridized carbons (Fsp3) is 0.350. The van der Waals surface area contributed by atoms with Crippen molar-refractivity contribution in [1.29, 1.82) is 0 Å². The summed E-state index contributed by atoms with van der Waals surface area (Å²) in [5, 5.41) is 15.1. The van der Waals surface area contributed by atoms with E-state index in [1.54, 1.807) is 0 Å². The van der Waals surface area contributed by atoms with Gasteiger partial charge in [-0.2, -0.15) is 0 Å². The number of hydrogen-bond donors (Lipinski definition) is 2. The number of aliphatic imine (C=N–C) groups is 1. The molecule has 144 valence electrons. The molecule has 2 heterocycles. The maximum absolute atomic E-state index is 4.64. The van der Waals surface area contributed by atoms with Gasteiger partial charge in [-0.3, -0.25) is 4.40 Å². The predicted molar refractivity (Wildman–Crippen MR) is 121 cm³/mol. The summed E-state index contributed by atoms with van der Waals surface area (Å²) >= 11 is 0. The topological polar surface area (TPSA) is 66.6 Å². The second-order valence-corrected chi connectivity index (χ2v) is 6.35. The molecule has 0 atom stereocenters. The minimum atomic E-state index is 0. The van der Waals surface area contributed by atoms with Gasteiger partial charge in [-0.05, 0) is 50.5 Å². The summed E-state index contributed by atoms with van der Waals surface area (Å²) < 4.78 is 1.96. The summed E-state index contributed by atoms with van der Waals surface area (Å²) in [7, 11) is 0. The quantitative estimate of drug-likeness (QED) is 0.324. The van der Waals surface area contributed by atoms with Crippen molar-refractivity contribution in [2.75, 3.05) is 13.1 Å². The molecular formula is C20H27IN6. The van der Waals surface area contributed by atoms with Crippen LogP contribution in [0.15, 0.2) is 47.6 Å². The first-order valence-corrected chi connectivity index (χ1v) is 9.04. The van der Waals surface area contributed by atoms with Gasteiger partial charge in [-0.1, -0.05) is 29.8 Å². The number of rotatable bonds is 6. The number of aryl methyl sites for hydroxylation is 2. The summed E-state index contributed by atoms with van der Waals surface area (Å²) in [6.07, 6.45) is 2.92. The smallest absolute Gasteiger partial charge is 0.191 e. The number of fused-ring (bicyclic) bond motifs is 1. The Kier molecular flexibility index (Phi) is 8.02. The number of aromatic nitrogens is 3. The lowest BCUT2D eigenvalue weighted by Crippen LogP contribution is -2.38. The van der Waals surface area contributed by atoms with E-state index in [9.17, 15) is 0 Å². The highest BCUT2D eigenvalue weighted by Crippen LogP contribution is 2.10. The maximum Gasteiger partial charge on any atom is 0.191 e. The van der Waals surface area contributed by atoms with E-state index in [-0.39, 0.29) is 24.0 Å². The first-order chi connectivity index (χ1) is 12.7. The van der Waals surface area contributed by atoms with Gasteiger partial charge in [-0.25, -0.2) is 4.99 Å². The zero-order chi connectivity index (χ0) is 18.4. The van der Waals surface area contributed by atoms with Gasteiger partial charge in [-0.15, -0.1) is 34.2 Å². The molecule has 0 bridgehead atoms.